The molecule has 0 N–H and O–H groups in total. The molecule has 1 amide bonds. The fourth-order valence-corrected chi connectivity index (χ4v) is 3.77. The molecule has 4 rings (SSSR count). The third kappa shape index (κ3) is 3.71. The Hall–Kier alpha value is -4.05. The van der Waals surface area contributed by atoms with E-state index in [4.69, 9.17) is 4.98 Å². The number of amides is 1. The normalized spacial score (nSPS) is 11.9. The van der Waals surface area contributed by atoms with Gasteiger partial charge < -0.3 is 4.57 Å². The number of nitrogens with zero attached hydrogens (tertiary/aromatic N) is 5. The highest BCUT2D eigenvalue weighted by Crippen LogP contribution is 2.14. The molecule has 7 nitrogen and oxygen atoms in total. The summed E-state index contributed by atoms with van der Waals surface area (Å²) in [5.41, 5.74) is 3.27. The van der Waals surface area contributed by atoms with Crippen molar-refractivity contribution in [2.45, 2.75) is 34.2 Å². The molecular formula is C25H23N5O2. The third-order valence-corrected chi connectivity index (χ3v) is 5.25. The number of benzene rings is 1. The highest BCUT2D eigenvalue weighted by Gasteiger charge is 2.17. The summed E-state index contributed by atoms with van der Waals surface area (Å²) < 4.78 is 3.20. The van der Waals surface area contributed by atoms with Gasteiger partial charge in [-0.05, 0) is 49.6 Å². The molecule has 0 unspecified atom stereocenters. The van der Waals surface area contributed by atoms with E-state index in [0.717, 1.165) is 11.1 Å². The summed E-state index contributed by atoms with van der Waals surface area (Å²) in [6, 6.07) is 14.4. The second-order valence-electron chi connectivity index (χ2n) is 8.32. The van der Waals surface area contributed by atoms with E-state index in [1.807, 2.05) is 39.8 Å². The molecule has 0 aliphatic carbocycles. The summed E-state index contributed by atoms with van der Waals surface area (Å²) >= 11 is 0. The Morgan fingerprint density at radius 2 is 1.94 bits per heavy atom. The van der Waals surface area contributed by atoms with Crippen LogP contribution in [0.2, 0.25) is 0 Å². The minimum absolute atomic E-state index is 0.158. The molecular weight excluding hydrogens is 402 g/mol. The number of aromatic nitrogens is 3. The van der Waals surface area contributed by atoms with E-state index in [9.17, 15) is 14.9 Å². The van der Waals surface area contributed by atoms with Crippen molar-refractivity contribution >= 4 is 22.6 Å². The molecule has 0 fully saturated rings. The van der Waals surface area contributed by atoms with Crippen LogP contribution >= 0.6 is 0 Å². The lowest BCUT2D eigenvalue weighted by Gasteiger charge is -2.15. The fourth-order valence-electron chi connectivity index (χ4n) is 3.77. The summed E-state index contributed by atoms with van der Waals surface area (Å²) in [7, 11) is 0. The van der Waals surface area contributed by atoms with Gasteiger partial charge in [0, 0.05) is 18.3 Å². The quantitative estimate of drug-likeness (QED) is 0.469. The molecule has 0 aliphatic rings. The second-order valence-corrected chi connectivity index (χ2v) is 8.32. The van der Waals surface area contributed by atoms with Gasteiger partial charge in [0.05, 0.1) is 10.9 Å². The molecule has 0 radical (unpaired) electrons. The van der Waals surface area contributed by atoms with E-state index >= 15 is 0 Å². The number of fused-ring (bicyclic) bond motifs is 2. The molecule has 0 spiro atoms. The first-order valence-corrected chi connectivity index (χ1v) is 10.4. The summed E-state index contributed by atoms with van der Waals surface area (Å²) in [5.74, 6) is -0.284. The Bertz CT molecular complexity index is 1550. The lowest BCUT2D eigenvalue weighted by molar-refractivity contribution is 0.0997. The summed E-state index contributed by atoms with van der Waals surface area (Å²) in [4.78, 5) is 35.3. The minimum atomic E-state index is -0.448. The molecule has 3 aromatic heterocycles. The second kappa shape index (κ2) is 8.23. The van der Waals surface area contributed by atoms with Crippen LogP contribution in [-0.4, -0.2) is 19.9 Å². The number of carbonyl (C=O) groups excluding carboxylic acids is 1. The first-order valence-electron chi connectivity index (χ1n) is 10.4. The SMILES string of the molecule is Cc1cccc(C(=O)N=c2c(C#N)cc3c(=O)n4cccc(C)c4nc3n2CC(C)C)c1. The van der Waals surface area contributed by atoms with Gasteiger partial charge in [-0.3, -0.25) is 14.0 Å². The Balaban J connectivity index is 2.13. The highest BCUT2D eigenvalue weighted by molar-refractivity contribution is 5.95. The Kier molecular flexibility index (Phi) is 5.45. The number of pyridine rings is 2. The zero-order valence-corrected chi connectivity index (χ0v) is 18.5. The van der Waals surface area contributed by atoms with Gasteiger partial charge in [0.1, 0.15) is 17.4 Å². The van der Waals surface area contributed by atoms with Gasteiger partial charge in [0.2, 0.25) is 0 Å². The Labute approximate surface area is 184 Å². The van der Waals surface area contributed by atoms with Crippen LogP contribution in [-0.2, 0) is 6.54 Å². The van der Waals surface area contributed by atoms with Gasteiger partial charge in [-0.25, -0.2) is 4.98 Å². The van der Waals surface area contributed by atoms with Crippen molar-refractivity contribution in [1.82, 2.24) is 14.0 Å². The van der Waals surface area contributed by atoms with Gasteiger partial charge in [-0.1, -0.05) is 37.6 Å². The van der Waals surface area contributed by atoms with Crippen LogP contribution in [0.5, 0.6) is 0 Å². The van der Waals surface area contributed by atoms with E-state index in [1.54, 1.807) is 35.0 Å². The number of nitriles is 1. The maximum absolute atomic E-state index is 13.2. The van der Waals surface area contributed by atoms with Crippen LogP contribution in [0.15, 0.2) is 58.4 Å². The maximum atomic E-state index is 13.2. The van der Waals surface area contributed by atoms with Gasteiger partial charge in [0.25, 0.3) is 11.5 Å². The molecule has 1 aromatic carbocycles. The topological polar surface area (TPSA) is 92.5 Å². The van der Waals surface area contributed by atoms with Crippen LogP contribution in [0.3, 0.4) is 0 Å². The lowest BCUT2D eigenvalue weighted by Crippen LogP contribution is -2.31. The van der Waals surface area contributed by atoms with E-state index in [-0.39, 0.29) is 22.5 Å². The van der Waals surface area contributed by atoms with Crippen LogP contribution in [0, 0.1) is 31.1 Å². The smallest absolute Gasteiger partial charge is 0.279 e. The van der Waals surface area contributed by atoms with Crippen LogP contribution in [0.4, 0.5) is 0 Å². The molecule has 4 aromatic rings. The molecule has 3 heterocycles. The van der Waals surface area contributed by atoms with Crippen LogP contribution in [0.25, 0.3) is 16.7 Å². The molecule has 160 valence electrons. The first kappa shape index (κ1) is 21.2. The molecule has 0 atom stereocenters. The Morgan fingerprint density at radius 3 is 2.62 bits per heavy atom. The highest BCUT2D eigenvalue weighted by atomic mass is 16.1. The van der Waals surface area contributed by atoms with Crippen molar-refractivity contribution in [1.29, 1.82) is 5.26 Å². The van der Waals surface area contributed by atoms with Crippen molar-refractivity contribution in [2.24, 2.45) is 10.9 Å². The van der Waals surface area contributed by atoms with Gasteiger partial charge in [-0.15, -0.1) is 0 Å². The summed E-state index contributed by atoms with van der Waals surface area (Å²) in [6.45, 7) is 8.26. The number of rotatable bonds is 3. The first-order chi connectivity index (χ1) is 15.3. The summed E-state index contributed by atoms with van der Waals surface area (Å²) in [5, 5.41) is 10.2. The Morgan fingerprint density at radius 1 is 1.16 bits per heavy atom. The minimum Gasteiger partial charge on any atom is -0.309 e. The molecule has 0 aliphatic heterocycles. The van der Waals surface area contributed by atoms with Crippen molar-refractivity contribution < 1.29 is 4.79 Å². The fraction of sp³-hybridized carbons (Fsp3) is 0.240. The average molecular weight is 425 g/mol. The number of aryl methyl sites for hydroxylation is 2. The molecule has 0 saturated heterocycles. The zero-order valence-electron chi connectivity index (χ0n) is 18.5. The predicted octanol–water partition coefficient (Wildman–Crippen LogP) is 3.53. The van der Waals surface area contributed by atoms with E-state index in [2.05, 4.69) is 11.1 Å². The van der Waals surface area contributed by atoms with Gasteiger partial charge in [-0.2, -0.15) is 10.3 Å². The third-order valence-electron chi connectivity index (χ3n) is 5.25. The molecule has 0 saturated carbocycles. The zero-order chi connectivity index (χ0) is 23.0. The van der Waals surface area contributed by atoms with Crippen LogP contribution < -0.4 is 11.0 Å². The van der Waals surface area contributed by atoms with Crippen molar-refractivity contribution in [2.75, 3.05) is 0 Å². The molecule has 32 heavy (non-hydrogen) atoms. The largest absolute Gasteiger partial charge is 0.309 e. The summed E-state index contributed by atoms with van der Waals surface area (Å²) in [6.07, 6.45) is 1.66. The van der Waals surface area contributed by atoms with Gasteiger partial charge >= 0.3 is 0 Å². The van der Waals surface area contributed by atoms with E-state index < -0.39 is 5.91 Å². The predicted molar refractivity (Wildman–Crippen MR) is 122 cm³/mol. The number of carbonyl (C=O) groups is 1. The van der Waals surface area contributed by atoms with E-state index in [1.165, 1.54) is 10.5 Å². The maximum Gasteiger partial charge on any atom is 0.279 e. The number of hydrogen-bond acceptors (Lipinski definition) is 4. The van der Waals surface area contributed by atoms with Crippen molar-refractivity contribution in [3.05, 3.63) is 86.8 Å². The van der Waals surface area contributed by atoms with Crippen molar-refractivity contribution in [3.63, 3.8) is 0 Å². The lowest BCUT2D eigenvalue weighted by atomic mass is 10.1. The van der Waals surface area contributed by atoms with Crippen molar-refractivity contribution in [3.8, 4) is 6.07 Å². The monoisotopic (exact) mass is 425 g/mol. The molecule has 7 heteroatoms. The number of hydrogen-bond donors (Lipinski definition) is 0. The standard InChI is InChI=1S/C25H23N5O2/c1-15(2)14-30-22(28-24(31)18-9-5-7-16(3)11-18)19(13-26)12-20-23(30)27-21-17(4)8-6-10-29(21)25(20)32/h5-12,15H,14H2,1-4H3. The van der Waals surface area contributed by atoms with Crippen LogP contribution in [0.1, 0.15) is 40.9 Å². The average Bonchev–Trinajstić information content (AvgIpc) is 2.76. The molecule has 0 bridgehead atoms. The van der Waals surface area contributed by atoms with Gasteiger partial charge in [0.15, 0.2) is 5.49 Å². The van der Waals surface area contributed by atoms with E-state index in [0.29, 0.717) is 28.8 Å².